The summed E-state index contributed by atoms with van der Waals surface area (Å²) in [6.07, 6.45) is 1.40. The lowest BCUT2D eigenvalue weighted by Crippen LogP contribution is -2.14. The first-order chi connectivity index (χ1) is 12.9. The molecule has 10 heteroatoms. The van der Waals surface area contributed by atoms with Gasteiger partial charge in [0.15, 0.2) is 0 Å². The molecule has 27 heavy (non-hydrogen) atoms. The average Bonchev–Trinajstić information content (AvgIpc) is 3.30. The van der Waals surface area contributed by atoms with E-state index in [2.05, 4.69) is 10.3 Å². The maximum Gasteiger partial charge on any atom is 0.266 e. The number of hydrogen-bond donors (Lipinski definition) is 2. The first-order valence-electron chi connectivity index (χ1n) is 7.42. The van der Waals surface area contributed by atoms with Gasteiger partial charge in [0.1, 0.15) is 16.6 Å². The van der Waals surface area contributed by atoms with Crippen molar-refractivity contribution in [1.29, 1.82) is 5.26 Å². The van der Waals surface area contributed by atoms with Gasteiger partial charge in [0.05, 0.1) is 15.5 Å². The normalized spacial score (nSPS) is 11.8. The van der Waals surface area contributed by atoms with Gasteiger partial charge in [0.25, 0.3) is 5.91 Å². The van der Waals surface area contributed by atoms with Crippen molar-refractivity contribution in [2.45, 2.75) is 4.90 Å². The molecule has 0 aliphatic rings. The van der Waals surface area contributed by atoms with Crippen molar-refractivity contribution in [2.24, 2.45) is 5.14 Å². The first-order valence-corrected chi connectivity index (χ1v) is 10.7. The van der Waals surface area contributed by atoms with Crippen LogP contribution >= 0.6 is 22.7 Å². The van der Waals surface area contributed by atoms with E-state index in [0.29, 0.717) is 11.4 Å². The number of thiazole rings is 1. The molecule has 0 fully saturated rings. The van der Waals surface area contributed by atoms with Crippen LogP contribution in [0.1, 0.15) is 5.69 Å². The van der Waals surface area contributed by atoms with E-state index in [4.69, 9.17) is 5.14 Å². The molecule has 7 nitrogen and oxygen atoms in total. The summed E-state index contributed by atoms with van der Waals surface area (Å²) in [5.41, 5.74) is 0.735. The summed E-state index contributed by atoms with van der Waals surface area (Å²) in [6.45, 7) is 0. The zero-order valence-corrected chi connectivity index (χ0v) is 16.1. The average molecular weight is 417 g/mol. The number of rotatable bonds is 5. The minimum absolute atomic E-state index is 0.0693. The van der Waals surface area contributed by atoms with Gasteiger partial charge in [-0.2, -0.15) is 5.26 Å². The van der Waals surface area contributed by atoms with Gasteiger partial charge in [-0.3, -0.25) is 4.79 Å². The summed E-state index contributed by atoms with van der Waals surface area (Å²) in [5, 5.41) is 21.4. The molecular weight excluding hydrogens is 404 g/mol. The number of thiophene rings is 1. The molecule has 1 amide bonds. The van der Waals surface area contributed by atoms with Crippen molar-refractivity contribution in [2.75, 3.05) is 5.32 Å². The number of anilines is 1. The zero-order chi connectivity index (χ0) is 19.4. The van der Waals surface area contributed by atoms with E-state index in [1.165, 1.54) is 41.7 Å². The number of benzene rings is 1. The van der Waals surface area contributed by atoms with Gasteiger partial charge in [0, 0.05) is 11.1 Å². The number of amides is 1. The highest BCUT2D eigenvalue weighted by molar-refractivity contribution is 7.89. The fraction of sp³-hybridized carbons (Fsp3) is 0. The summed E-state index contributed by atoms with van der Waals surface area (Å²) >= 11 is 2.98. The van der Waals surface area contributed by atoms with E-state index in [9.17, 15) is 18.5 Å². The van der Waals surface area contributed by atoms with Gasteiger partial charge in [-0.1, -0.05) is 6.07 Å². The number of aromatic nitrogens is 1. The quantitative estimate of drug-likeness (QED) is 0.488. The SMILES string of the molecule is N#C/C(=C\c1csc(-c2cccs2)n1)C(=O)Nc1ccc(S(N)(=O)=O)cc1. The Kier molecular flexibility index (Phi) is 5.48. The van der Waals surface area contributed by atoms with E-state index in [1.54, 1.807) is 16.7 Å². The van der Waals surface area contributed by atoms with Crippen LogP contribution in [0.3, 0.4) is 0 Å². The predicted molar refractivity (Wildman–Crippen MR) is 105 cm³/mol. The van der Waals surface area contributed by atoms with Crippen LogP contribution in [0.15, 0.2) is 57.6 Å². The van der Waals surface area contributed by atoms with Crippen molar-refractivity contribution in [1.82, 2.24) is 4.98 Å². The Bertz CT molecular complexity index is 1140. The van der Waals surface area contributed by atoms with E-state index < -0.39 is 15.9 Å². The molecule has 3 aromatic rings. The van der Waals surface area contributed by atoms with Crippen molar-refractivity contribution in [3.8, 4) is 16.0 Å². The second-order valence-corrected chi connectivity index (χ2v) is 8.62. The molecule has 0 saturated heterocycles. The fourth-order valence-electron chi connectivity index (χ4n) is 2.09. The highest BCUT2D eigenvalue weighted by Crippen LogP contribution is 2.28. The number of nitrogens with one attached hydrogen (secondary N) is 1. The Balaban J connectivity index is 1.76. The molecule has 3 rings (SSSR count). The predicted octanol–water partition coefficient (Wildman–Crippen LogP) is 3.06. The highest BCUT2D eigenvalue weighted by Gasteiger charge is 2.13. The number of nitriles is 1. The molecule has 0 aliphatic carbocycles. The van der Waals surface area contributed by atoms with Crippen LogP contribution in [0.25, 0.3) is 16.0 Å². The summed E-state index contributed by atoms with van der Waals surface area (Å²) in [4.78, 5) is 17.6. The van der Waals surface area contributed by atoms with Gasteiger partial charge >= 0.3 is 0 Å². The Morgan fingerprint density at radius 1 is 1.22 bits per heavy atom. The third-order valence-corrected chi connectivity index (χ3v) is 6.18. The number of nitrogens with two attached hydrogens (primary N) is 1. The van der Waals surface area contributed by atoms with Crippen LogP contribution in [0, 0.1) is 11.3 Å². The Labute approximate surface area is 163 Å². The van der Waals surface area contributed by atoms with Crippen LogP contribution in [-0.4, -0.2) is 19.3 Å². The number of primary sulfonamides is 1. The Hall–Kier alpha value is -2.84. The smallest absolute Gasteiger partial charge is 0.266 e. The van der Waals surface area contributed by atoms with Crippen molar-refractivity contribution in [3.05, 3.63) is 58.4 Å². The van der Waals surface area contributed by atoms with Gasteiger partial charge in [-0.15, -0.1) is 22.7 Å². The molecule has 0 spiro atoms. The summed E-state index contributed by atoms with van der Waals surface area (Å²) in [7, 11) is -3.81. The van der Waals surface area contributed by atoms with Gasteiger partial charge in [0.2, 0.25) is 10.0 Å². The maximum absolute atomic E-state index is 12.3. The molecule has 136 valence electrons. The summed E-state index contributed by atoms with van der Waals surface area (Å²) < 4.78 is 22.5. The van der Waals surface area contributed by atoms with Gasteiger partial charge < -0.3 is 5.32 Å². The van der Waals surface area contributed by atoms with Crippen LogP contribution in [0.4, 0.5) is 5.69 Å². The zero-order valence-electron chi connectivity index (χ0n) is 13.6. The van der Waals surface area contributed by atoms with Crippen LogP contribution in [-0.2, 0) is 14.8 Å². The molecule has 3 N–H and O–H groups in total. The number of carbonyl (C=O) groups excluding carboxylic acids is 1. The highest BCUT2D eigenvalue weighted by atomic mass is 32.2. The van der Waals surface area contributed by atoms with E-state index in [-0.39, 0.29) is 10.5 Å². The molecule has 0 saturated carbocycles. The first kappa shape index (κ1) is 18.9. The summed E-state index contributed by atoms with van der Waals surface area (Å²) in [6, 6.07) is 11.0. The molecule has 0 unspecified atom stereocenters. The van der Waals surface area contributed by atoms with Crippen LogP contribution < -0.4 is 10.5 Å². The van der Waals surface area contributed by atoms with Crippen molar-refractivity contribution in [3.63, 3.8) is 0 Å². The fourth-order valence-corrected chi connectivity index (χ4v) is 4.20. The molecule has 1 aromatic carbocycles. The monoisotopic (exact) mass is 416 g/mol. The van der Waals surface area contributed by atoms with E-state index in [0.717, 1.165) is 9.88 Å². The van der Waals surface area contributed by atoms with Gasteiger partial charge in [-0.25, -0.2) is 18.5 Å². The second-order valence-electron chi connectivity index (χ2n) is 5.25. The van der Waals surface area contributed by atoms with Crippen molar-refractivity contribution < 1.29 is 13.2 Å². The standard InChI is InChI=1S/C17H12N4O3S3/c18-9-11(8-13-10-26-17(21-13)15-2-1-7-25-15)16(22)20-12-3-5-14(6-4-12)27(19,23)24/h1-8,10H,(H,20,22)(H2,19,23,24)/b11-8+. The van der Waals surface area contributed by atoms with E-state index in [1.807, 2.05) is 23.6 Å². The number of carbonyl (C=O) groups is 1. The van der Waals surface area contributed by atoms with Crippen molar-refractivity contribution >= 4 is 50.4 Å². The molecule has 0 atom stereocenters. The topological polar surface area (TPSA) is 126 Å². The van der Waals surface area contributed by atoms with E-state index >= 15 is 0 Å². The molecule has 0 radical (unpaired) electrons. The second kappa shape index (κ2) is 7.81. The lowest BCUT2D eigenvalue weighted by atomic mass is 10.2. The Morgan fingerprint density at radius 3 is 2.56 bits per heavy atom. The number of sulfonamides is 1. The van der Waals surface area contributed by atoms with Crippen LogP contribution in [0.5, 0.6) is 0 Å². The third-order valence-electron chi connectivity index (χ3n) is 3.35. The summed E-state index contributed by atoms with van der Waals surface area (Å²) in [5.74, 6) is -0.619. The molecular formula is C17H12N4O3S3. The molecule has 0 bridgehead atoms. The largest absolute Gasteiger partial charge is 0.321 e. The number of hydrogen-bond acceptors (Lipinski definition) is 7. The lowest BCUT2D eigenvalue weighted by Gasteiger charge is -2.05. The molecule has 2 aromatic heterocycles. The minimum Gasteiger partial charge on any atom is -0.321 e. The number of nitrogens with zero attached hydrogens (tertiary/aromatic N) is 2. The Morgan fingerprint density at radius 2 is 1.96 bits per heavy atom. The lowest BCUT2D eigenvalue weighted by molar-refractivity contribution is -0.112. The molecule has 0 aliphatic heterocycles. The maximum atomic E-state index is 12.3. The van der Waals surface area contributed by atoms with Gasteiger partial charge in [-0.05, 0) is 41.8 Å². The van der Waals surface area contributed by atoms with Crippen LogP contribution in [0.2, 0.25) is 0 Å². The molecule has 2 heterocycles. The minimum atomic E-state index is -3.81. The third kappa shape index (κ3) is 4.66.